The third kappa shape index (κ3) is 3.24. The van der Waals surface area contributed by atoms with Crippen LogP contribution in [0.2, 0.25) is 0 Å². The van der Waals surface area contributed by atoms with Crippen LogP contribution < -0.4 is 5.56 Å². The molecule has 26 heavy (non-hydrogen) atoms. The van der Waals surface area contributed by atoms with Crippen LogP contribution in [0.4, 0.5) is 0 Å². The van der Waals surface area contributed by atoms with E-state index >= 15 is 0 Å². The van der Waals surface area contributed by atoms with Crippen molar-refractivity contribution in [2.24, 2.45) is 5.92 Å². The van der Waals surface area contributed by atoms with Crippen molar-refractivity contribution in [2.75, 3.05) is 19.6 Å². The average Bonchev–Trinajstić information content (AvgIpc) is 2.63. The molecular formula is C19H24N4O3. The van der Waals surface area contributed by atoms with Gasteiger partial charge in [-0.1, -0.05) is 6.92 Å². The van der Waals surface area contributed by atoms with Gasteiger partial charge >= 0.3 is 0 Å². The lowest BCUT2D eigenvalue weighted by Crippen LogP contribution is -2.57. The van der Waals surface area contributed by atoms with Crippen LogP contribution in [-0.4, -0.2) is 52.3 Å². The number of carbonyl (C=O) groups excluding carboxylic acids is 2. The van der Waals surface area contributed by atoms with Gasteiger partial charge in [0.25, 0.3) is 11.5 Å². The first kappa shape index (κ1) is 18.2. The molecule has 2 saturated heterocycles. The smallest absolute Gasteiger partial charge is 0.266 e. The number of H-pyrrole nitrogens is 1. The molecule has 0 bridgehead atoms. The highest BCUT2D eigenvalue weighted by Crippen LogP contribution is 2.32. The van der Waals surface area contributed by atoms with E-state index in [2.05, 4.69) is 11.9 Å². The first-order valence-corrected chi connectivity index (χ1v) is 9.19. The van der Waals surface area contributed by atoms with Gasteiger partial charge in [0.2, 0.25) is 5.91 Å². The number of aromatic nitrogens is 1. The third-order valence-electron chi connectivity index (χ3n) is 5.48. The van der Waals surface area contributed by atoms with Crippen molar-refractivity contribution >= 4 is 11.8 Å². The minimum absolute atomic E-state index is 0.0498. The Balaban J connectivity index is 1.79. The highest BCUT2D eigenvalue weighted by atomic mass is 16.2. The number of fused-ring (bicyclic) bond motifs is 1. The van der Waals surface area contributed by atoms with E-state index < -0.39 is 5.56 Å². The molecular weight excluding hydrogens is 332 g/mol. The van der Waals surface area contributed by atoms with E-state index in [1.807, 2.05) is 11.0 Å². The third-order valence-corrected chi connectivity index (χ3v) is 5.48. The molecule has 0 aromatic carbocycles. The maximum atomic E-state index is 13.0. The molecule has 1 aromatic rings. The number of pyridine rings is 1. The Labute approximate surface area is 152 Å². The Kier molecular flexibility index (Phi) is 5.12. The SMILES string of the molecule is CCCN1C(=O)CC[C@H]2CN(C(=O)c3cc(C#N)c(=O)[nH]c3C)CC[C@H]21. The molecule has 2 fully saturated rings. The van der Waals surface area contributed by atoms with E-state index in [9.17, 15) is 14.4 Å². The van der Waals surface area contributed by atoms with Crippen molar-refractivity contribution < 1.29 is 9.59 Å². The number of aromatic amines is 1. The number of aryl methyl sites for hydroxylation is 1. The summed E-state index contributed by atoms with van der Waals surface area (Å²) in [5, 5.41) is 9.05. The summed E-state index contributed by atoms with van der Waals surface area (Å²) < 4.78 is 0. The number of piperidine rings is 2. The first-order valence-electron chi connectivity index (χ1n) is 9.19. The van der Waals surface area contributed by atoms with E-state index in [0.29, 0.717) is 30.8 Å². The molecule has 1 aromatic heterocycles. The van der Waals surface area contributed by atoms with Gasteiger partial charge in [0.05, 0.1) is 5.56 Å². The largest absolute Gasteiger partial charge is 0.339 e. The fourth-order valence-electron chi connectivity index (χ4n) is 4.17. The molecule has 2 atom stereocenters. The van der Waals surface area contributed by atoms with Crippen molar-refractivity contribution in [3.05, 3.63) is 33.2 Å². The molecule has 3 heterocycles. The predicted molar refractivity (Wildman–Crippen MR) is 95.6 cm³/mol. The number of amides is 2. The van der Waals surface area contributed by atoms with Gasteiger partial charge in [-0.25, -0.2) is 0 Å². The van der Waals surface area contributed by atoms with E-state index in [-0.39, 0.29) is 29.3 Å². The van der Waals surface area contributed by atoms with Crippen LogP contribution >= 0.6 is 0 Å². The second kappa shape index (κ2) is 7.32. The van der Waals surface area contributed by atoms with E-state index in [4.69, 9.17) is 5.26 Å². The second-order valence-electron chi connectivity index (χ2n) is 7.16. The van der Waals surface area contributed by atoms with Crippen LogP contribution in [0.15, 0.2) is 10.9 Å². The van der Waals surface area contributed by atoms with Crippen molar-refractivity contribution in [3.8, 4) is 6.07 Å². The minimum atomic E-state index is -0.471. The fraction of sp³-hybridized carbons (Fsp3) is 0.579. The molecule has 7 nitrogen and oxygen atoms in total. The lowest BCUT2D eigenvalue weighted by Gasteiger charge is -2.47. The zero-order chi connectivity index (χ0) is 18.8. The zero-order valence-corrected chi connectivity index (χ0v) is 15.2. The Morgan fingerprint density at radius 1 is 1.38 bits per heavy atom. The van der Waals surface area contributed by atoms with Crippen LogP contribution in [0.3, 0.4) is 0 Å². The summed E-state index contributed by atoms with van der Waals surface area (Å²) in [6, 6.07) is 3.43. The summed E-state index contributed by atoms with van der Waals surface area (Å²) in [5.41, 5.74) is 0.330. The molecule has 1 N–H and O–H groups in total. The minimum Gasteiger partial charge on any atom is -0.339 e. The van der Waals surface area contributed by atoms with Gasteiger partial charge in [-0.2, -0.15) is 5.26 Å². The van der Waals surface area contributed by atoms with Crippen LogP contribution in [0.1, 0.15) is 54.2 Å². The lowest BCUT2D eigenvalue weighted by atomic mass is 9.83. The molecule has 7 heteroatoms. The van der Waals surface area contributed by atoms with Crippen molar-refractivity contribution in [1.82, 2.24) is 14.8 Å². The van der Waals surface area contributed by atoms with Crippen LogP contribution in [-0.2, 0) is 4.79 Å². The summed E-state index contributed by atoms with van der Waals surface area (Å²) in [4.78, 5) is 43.2. The number of likely N-dealkylation sites (tertiary alicyclic amines) is 2. The summed E-state index contributed by atoms with van der Waals surface area (Å²) in [5.74, 6) is 0.353. The molecule has 3 rings (SSSR count). The number of hydrogen-bond acceptors (Lipinski definition) is 4. The number of rotatable bonds is 3. The number of hydrogen-bond donors (Lipinski definition) is 1. The number of nitrogens with one attached hydrogen (secondary N) is 1. The van der Waals surface area contributed by atoms with Gasteiger partial charge in [0.15, 0.2) is 0 Å². The van der Waals surface area contributed by atoms with E-state index in [1.54, 1.807) is 11.8 Å². The van der Waals surface area contributed by atoms with Crippen LogP contribution in [0.25, 0.3) is 0 Å². The Hall–Kier alpha value is -2.62. The lowest BCUT2D eigenvalue weighted by molar-refractivity contribution is -0.140. The van der Waals surface area contributed by atoms with Crippen LogP contribution in [0, 0.1) is 24.2 Å². The molecule has 0 unspecified atom stereocenters. The zero-order valence-electron chi connectivity index (χ0n) is 15.2. The van der Waals surface area contributed by atoms with Gasteiger partial charge in [-0.05, 0) is 38.2 Å². The van der Waals surface area contributed by atoms with E-state index in [1.165, 1.54) is 6.07 Å². The quantitative estimate of drug-likeness (QED) is 0.885. The normalized spacial score (nSPS) is 22.7. The standard InChI is InChI=1S/C19H24N4O3/c1-3-7-23-16-6-8-22(11-13(16)4-5-17(23)24)19(26)15-9-14(10-20)18(25)21-12(15)2/h9,13,16H,3-8,11H2,1-2H3,(H,21,25)/t13-,16+/m0/s1. The maximum absolute atomic E-state index is 13.0. The second-order valence-corrected chi connectivity index (χ2v) is 7.16. The Morgan fingerprint density at radius 2 is 2.15 bits per heavy atom. The highest BCUT2D eigenvalue weighted by molar-refractivity contribution is 5.95. The summed E-state index contributed by atoms with van der Waals surface area (Å²) >= 11 is 0. The summed E-state index contributed by atoms with van der Waals surface area (Å²) in [6.07, 6.45) is 3.06. The molecule has 0 saturated carbocycles. The maximum Gasteiger partial charge on any atom is 0.266 e. The molecule has 0 spiro atoms. The van der Waals surface area contributed by atoms with Crippen molar-refractivity contribution in [2.45, 2.75) is 45.6 Å². The van der Waals surface area contributed by atoms with Gasteiger partial charge in [-0.3, -0.25) is 14.4 Å². The van der Waals surface area contributed by atoms with Gasteiger partial charge < -0.3 is 14.8 Å². The molecule has 2 aliphatic rings. The van der Waals surface area contributed by atoms with Crippen molar-refractivity contribution in [3.63, 3.8) is 0 Å². The topological polar surface area (TPSA) is 97.3 Å². The van der Waals surface area contributed by atoms with Crippen molar-refractivity contribution in [1.29, 1.82) is 5.26 Å². The predicted octanol–water partition coefficient (Wildman–Crippen LogP) is 1.42. The number of nitrogens with zero attached hydrogens (tertiary/aromatic N) is 3. The highest BCUT2D eigenvalue weighted by Gasteiger charge is 2.40. The number of nitriles is 1. The van der Waals surface area contributed by atoms with Crippen LogP contribution in [0.5, 0.6) is 0 Å². The Bertz CT molecular complexity index is 823. The molecule has 138 valence electrons. The van der Waals surface area contributed by atoms with E-state index in [0.717, 1.165) is 25.8 Å². The molecule has 2 aliphatic heterocycles. The molecule has 0 radical (unpaired) electrons. The average molecular weight is 356 g/mol. The monoisotopic (exact) mass is 356 g/mol. The van der Waals surface area contributed by atoms with Gasteiger partial charge in [0.1, 0.15) is 11.6 Å². The first-order chi connectivity index (χ1) is 12.5. The fourth-order valence-corrected chi connectivity index (χ4v) is 4.17. The van der Waals surface area contributed by atoms with Gasteiger partial charge in [-0.15, -0.1) is 0 Å². The Morgan fingerprint density at radius 3 is 2.85 bits per heavy atom. The molecule has 0 aliphatic carbocycles. The number of carbonyl (C=O) groups is 2. The summed E-state index contributed by atoms with van der Waals surface area (Å²) in [7, 11) is 0. The van der Waals surface area contributed by atoms with Gasteiger partial charge in [0, 0.05) is 37.8 Å². The molecule has 2 amide bonds. The summed E-state index contributed by atoms with van der Waals surface area (Å²) in [6.45, 7) is 5.70.